The Labute approximate surface area is 129 Å². The van der Waals surface area contributed by atoms with E-state index < -0.39 is 0 Å². The number of aromatic nitrogens is 2. The van der Waals surface area contributed by atoms with Crippen molar-refractivity contribution in [1.82, 2.24) is 9.78 Å². The number of benzene rings is 2. The number of hydrogen-bond acceptors (Lipinski definition) is 2. The molecule has 0 amide bonds. The van der Waals surface area contributed by atoms with E-state index in [1.165, 1.54) is 0 Å². The molecule has 1 heterocycles. The van der Waals surface area contributed by atoms with Gasteiger partial charge in [0.2, 0.25) is 0 Å². The second-order valence-corrected chi connectivity index (χ2v) is 5.45. The average Bonchev–Trinajstić information content (AvgIpc) is 2.97. The smallest absolute Gasteiger partial charge is 0.0832 e. The molecule has 0 bridgehead atoms. The molecule has 0 spiro atoms. The third-order valence-electron chi connectivity index (χ3n) is 3.43. The second kappa shape index (κ2) is 5.72. The van der Waals surface area contributed by atoms with Gasteiger partial charge in [0.25, 0.3) is 0 Å². The molecule has 0 radical (unpaired) electrons. The number of nitrogens with zero attached hydrogens (tertiary/aromatic N) is 2. The van der Waals surface area contributed by atoms with Crippen LogP contribution in [0, 0.1) is 0 Å². The van der Waals surface area contributed by atoms with Crippen LogP contribution < -0.4 is 5.73 Å². The van der Waals surface area contributed by atoms with Crippen LogP contribution in [-0.4, -0.2) is 9.78 Å². The summed E-state index contributed by atoms with van der Waals surface area (Å²) in [6, 6.07) is 15.9. The van der Waals surface area contributed by atoms with Gasteiger partial charge in [0.1, 0.15) is 0 Å². The summed E-state index contributed by atoms with van der Waals surface area (Å²) in [5, 5.41) is 5.04. The lowest BCUT2D eigenvalue weighted by molar-refractivity contribution is 0.814. The third kappa shape index (κ3) is 2.84. The highest BCUT2D eigenvalue weighted by Gasteiger charge is 2.08. The number of nitrogens with two attached hydrogens (primary N) is 1. The quantitative estimate of drug-likeness (QED) is 0.787. The van der Waals surface area contributed by atoms with E-state index in [0.29, 0.717) is 5.02 Å². The average molecular weight is 298 g/mol. The minimum absolute atomic E-state index is 0.0333. The molecule has 3 rings (SSSR count). The molecule has 3 nitrogen and oxygen atoms in total. The Morgan fingerprint density at radius 1 is 1.10 bits per heavy atom. The summed E-state index contributed by atoms with van der Waals surface area (Å²) in [5.41, 5.74) is 9.92. The molecule has 3 aromatic rings. The van der Waals surface area contributed by atoms with E-state index in [4.69, 9.17) is 17.3 Å². The van der Waals surface area contributed by atoms with Crippen LogP contribution in [0.25, 0.3) is 16.8 Å². The summed E-state index contributed by atoms with van der Waals surface area (Å²) >= 11 is 6.35. The van der Waals surface area contributed by atoms with Gasteiger partial charge in [-0.2, -0.15) is 5.10 Å². The first-order chi connectivity index (χ1) is 10.1. The zero-order chi connectivity index (χ0) is 14.8. The first kappa shape index (κ1) is 13.9. The monoisotopic (exact) mass is 297 g/mol. The summed E-state index contributed by atoms with van der Waals surface area (Å²) in [7, 11) is 0. The summed E-state index contributed by atoms with van der Waals surface area (Å²) in [4.78, 5) is 0. The molecule has 1 aromatic heterocycles. The minimum atomic E-state index is -0.0333. The van der Waals surface area contributed by atoms with Crippen molar-refractivity contribution in [3.63, 3.8) is 0 Å². The van der Waals surface area contributed by atoms with Crippen LogP contribution in [-0.2, 0) is 0 Å². The molecular weight excluding hydrogens is 282 g/mol. The van der Waals surface area contributed by atoms with E-state index in [2.05, 4.69) is 17.2 Å². The predicted octanol–water partition coefficient (Wildman–Crippen LogP) is 4.21. The van der Waals surface area contributed by atoms with Gasteiger partial charge in [-0.15, -0.1) is 0 Å². The van der Waals surface area contributed by atoms with Gasteiger partial charge >= 0.3 is 0 Å². The van der Waals surface area contributed by atoms with Crippen LogP contribution in [0.2, 0.25) is 5.02 Å². The largest absolute Gasteiger partial charge is 0.324 e. The molecule has 0 aliphatic carbocycles. The molecule has 0 aliphatic rings. The van der Waals surface area contributed by atoms with Crippen LogP contribution >= 0.6 is 11.6 Å². The van der Waals surface area contributed by atoms with Crippen LogP contribution in [0.4, 0.5) is 0 Å². The molecular formula is C17H16ClN3. The van der Waals surface area contributed by atoms with E-state index in [-0.39, 0.29) is 6.04 Å². The fraction of sp³-hybridized carbons (Fsp3) is 0.118. The van der Waals surface area contributed by atoms with Gasteiger partial charge in [0.05, 0.1) is 16.9 Å². The Hall–Kier alpha value is -2.10. The lowest BCUT2D eigenvalue weighted by atomic mass is 10.1. The molecule has 2 N–H and O–H groups in total. The van der Waals surface area contributed by atoms with E-state index in [0.717, 1.165) is 22.4 Å². The highest BCUT2D eigenvalue weighted by molar-refractivity contribution is 6.32. The Balaban J connectivity index is 1.97. The third-order valence-corrected chi connectivity index (χ3v) is 3.74. The Kier molecular flexibility index (Phi) is 3.78. The van der Waals surface area contributed by atoms with Crippen LogP contribution in [0.1, 0.15) is 18.5 Å². The van der Waals surface area contributed by atoms with Crippen molar-refractivity contribution in [3.8, 4) is 16.8 Å². The molecule has 106 valence electrons. The summed E-state index contributed by atoms with van der Waals surface area (Å²) < 4.78 is 1.79. The first-order valence-electron chi connectivity index (χ1n) is 6.80. The van der Waals surface area contributed by atoms with Gasteiger partial charge < -0.3 is 5.73 Å². The van der Waals surface area contributed by atoms with Gasteiger partial charge in [-0.1, -0.05) is 48.0 Å². The number of hydrogen-bond donors (Lipinski definition) is 1. The predicted molar refractivity (Wildman–Crippen MR) is 86.6 cm³/mol. The highest BCUT2D eigenvalue weighted by Crippen LogP contribution is 2.26. The molecule has 21 heavy (non-hydrogen) atoms. The molecule has 4 heteroatoms. The van der Waals surface area contributed by atoms with Crippen LogP contribution in [0.15, 0.2) is 60.9 Å². The SMILES string of the molecule is C[C@@H](N)c1ccc(-n2cc(-c3ccccc3)cn2)c(Cl)c1. The zero-order valence-electron chi connectivity index (χ0n) is 11.7. The topological polar surface area (TPSA) is 43.8 Å². The summed E-state index contributed by atoms with van der Waals surface area (Å²) in [6.45, 7) is 1.94. The standard InChI is InChI=1S/C17H16ClN3/c1-12(19)14-7-8-17(16(18)9-14)21-11-15(10-20-21)13-5-3-2-4-6-13/h2-12H,19H2,1H3/t12-/m1/s1. The Morgan fingerprint density at radius 2 is 1.86 bits per heavy atom. The Morgan fingerprint density at radius 3 is 2.52 bits per heavy atom. The van der Waals surface area contributed by atoms with Crippen LogP contribution in [0.3, 0.4) is 0 Å². The van der Waals surface area contributed by atoms with Gasteiger partial charge in [-0.3, -0.25) is 0 Å². The van der Waals surface area contributed by atoms with Gasteiger partial charge in [-0.25, -0.2) is 4.68 Å². The molecule has 0 aliphatic heterocycles. The lowest BCUT2D eigenvalue weighted by Gasteiger charge is -2.09. The highest BCUT2D eigenvalue weighted by atomic mass is 35.5. The first-order valence-corrected chi connectivity index (χ1v) is 7.18. The maximum Gasteiger partial charge on any atom is 0.0832 e. The van der Waals surface area contributed by atoms with Gasteiger partial charge in [0.15, 0.2) is 0 Å². The molecule has 0 fully saturated rings. The van der Waals surface area contributed by atoms with E-state index >= 15 is 0 Å². The van der Waals surface area contributed by atoms with Crippen LogP contribution in [0.5, 0.6) is 0 Å². The van der Waals surface area contributed by atoms with E-state index in [1.54, 1.807) is 4.68 Å². The zero-order valence-corrected chi connectivity index (χ0v) is 12.5. The maximum atomic E-state index is 6.35. The fourth-order valence-electron chi connectivity index (χ4n) is 2.23. The van der Waals surface area contributed by atoms with Crippen molar-refractivity contribution in [2.75, 3.05) is 0 Å². The van der Waals surface area contributed by atoms with Crippen molar-refractivity contribution in [2.45, 2.75) is 13.0 Å². The summed E-state index contributed by atoms with van der Waals surface area (Å²) in [6.07, 6.45) is 3.81. The minimum Gasteiger partial charge on any atom is -0.324 e. The van der Waals surface area contributed by atoms with Gasteiger partial charge in [-0.05, 0) is 30.2 Å². The van der Waals surface area contributed by atoms with Crippen molar-refractivity contribution in [1.29, 1.82) is 0 Å². The molecule has 0 unspecified atom stereocenters. The molecule has 1 atom stereocenters. The second-order valence-electron chi connectivity index (χ2n) is 5.04. The van der Waals surface area contributed by atoms with Crippen molar-refractivity contribution in [3.05, 3.63) is 71.5 Å². The van der Waals surface area contributed by atoms with E-state index in [9.17, 15) is 0 Å². The number of halogens is 1. The number of rotatable bonds is 3. The van der Waals surface area contributed by atoms with Crippen molar-refractivity contribution < 1.29 is 0 Å². The van der Waals surface area contributed by atoms with E-state index in [1.807, 2.05) is 55.7 Å². The summed E-state index contributed by atoms with van der Waals surface area (Å²) in [5.74, 6) is 0. The Bertz CT molecular complexity index is 748. The van der Waals surface area contributed by atoms with Crippen molar-refractivity contribution in [2.24, 2.45) is 5.73 Å². The normalized spacial score (nSPS) is 12.3. The molecule has 2 aromatic carbocycles. The fourth-order valence-corrected chi connectivity index (χ4v) is 2.50. The lowest BCUT2D eigenvalue weighted by Crippen LogP contribution is -2.05. The molecule has 0 saturated heterocycles. The maximum absolute atomic E-state index is 6.35. The van der Waals surface area contributed by atoms with Gasteiger partial charge in [0, 0.05) is 17.8 Å². The van der Waals surface area contributed by atoms with Crippen molar-refractivity contribution >= 4 is 11.6 Å². The molecule has 0 saturated carbocycles.